The molecule has 0 fully saturated rings. The number of aromatic nitrogens is 1. The fraction of sp³-hybridized carbons (Fsp3) is 0.364. The Morgan fingerprint density at radius 3 is 3.25 bits per heavy atom. The van der Waals surface area contributed by atoms with Crippen LogP contribution in [0.4, 0.5) is 5.82 Å². The maximum Gasteiger partial charge on any atom is 0.134 e. The molecule has 0 aliphatic heterocycles. The molecule has 5 heteroatoms. The summed E-state index contributed by atoms with van der Waals surface area (Å²) in [6.45, 7) is 1.19. The molecule has 16 heavy (non-hydrogen) atoms. The molecule has 0 saturated carbocycles. The van der Waals surface area contributed by atoms with Crippen LogP contribution < -0.4 is 5.32 Å². The maximum atomic E-state index is 6.04. The normalized spacial score (nSPS) is 12.9. The number of hydrogen-bond donors (Lipinski definition) is 1. The Morgan fingerprint density at radius 1 is 1.56 bits per heavy atom. The molecule has 1 N–H and O–H groups in total. The lowest BCUT2D eigenvalue weighted by molar-refractivity contribution is 0.200. The van der Waals surface area contributed by atoms with Crippen molar-refractivity contribution in [1.82, 2.24) is 4.98 Å². The number of fused-ring (bicyclic) bond motifs is 1. The zero-order valence-corrected chi connectivity index (χ0v) is 10.5. The zero-order chi connectivity index (χ0) is 11.4. The average Bonchev–Trinajstić information content (AvgIpc) is 2.75. The van der Waals surface area contributed by atoms with E-state index in [0.29, 0.717) is 13.2 Å². The molecule has 0 spiro atoms. The van der Waals surface area contributed by atoms with Gasteiger partial charge in [0, 0.05) is 29.9 Å². The molecule has 2 heterocycles. The third-order valence-electron chi connectivity index (χ3n) is 2.22. The van der Waals surface area contributed by atoms with Crippen LogP contribution in [0.3, 0.4) is 0 Å². The molecule has 0 aliphatic rings. The molecule has 1 atom stereocenters. The van der Waals surface area contributed by atoms with E-state index in [1.54, 1.807) is 24.6 Å². The number of hydrogen-bond acceptors (Lipinski definition) is 4. The molecule has 0 saturated heterocycles. The van der Waals surface area contributed by atoms with Crippen molar-refractivity contribution in [2.75, 3.05) is 25.6 Å². The Kier molecular flexibility index (Phi) is 3.98. The van der Waals surface area contributed by atoms with Crippen molar-refractivity contribution in [3.05, 3.63) is 23.7 Å². The van der Waals surface area contributed by atoms with E-state index in [9.17, 15) is 0 Å². The first kappa shape index (κ1) is 11.6. The average molecular weight is 257 g/mol. The van der Waals surface area contributed by atoms with Crippen molar-refractivity contribution in [2.45, 2.75) is 5.38 Å². The van der Waals surface area contributed by atoms with Gasteiger partial charge in [-0.25, -0.2) is 4.98 Å². The van der Waals surface area contributed by atoms with E-state index in [-0.39, 0.29) is 5.38 Å². The number of alkyl halides is 1. The van der Waals surface area contributed by atoms with Crippen molar-refractivity contribution < 1.29 is 4.74 Å². The van der Waals surface area contributed by atoms with Crippen LogP contribution in [0.2, 0.25) is 0 Å². The minimum Gasteiger partial charge on any atom is -0.383 e. The summed E-state index contributed by atoms with van der Waals surface area (Å²) in [6.07, 6.45) is 1.81. The van der Waals surface area contributed by atoms with E-state index in [0.717, 1.165) is 11.2 Å². The van der Waals surface area contributed by atoms with Gasteiger partial charge in [0.1, 0.15) is 5.82 Å². The van der Waals surface area contributed by atoms with Crippen molar-refractivity contribution in [1.29, 1.82) is 0 Å². The lowest BCUT2D eigenvalue weighted by atomic mass is 10.3. The molecule has 1 unspecified atom stereocenters. The van der Waals surface area contributed by atoms with Crippen LogP contribution >= 0.6 is 22.9 Å². The van der Waals surface area contributed by atoms with Gasteiger partial charge in [-0.2, -0.15) is 0 Å². The third kappa shape index (κ3) is 2.64. The van der Waals surface area contributed by atoms with Gasteiger partial charge >= 0.3 is 0 Å². The van der Waals surface area contributed by atoms with E-state index in [2.05, 4.69) is 21.7 Å². The van der Waals surface area contributed by atoms with Gasteiger partial charge in [-0.15, -0.1) is 22.9 Å². The summed E-state index contributed by atoms with van der Waals surface area (Å²) in [4.78, 5) is 4.31. The Bertz CT molecular complexity index is 460. The molecule has 3 nitrogen and oxygen atoms in total. The SMILES string of the molecule is COCC(Cl)CNc1nccc2sccc12. The number of anilines is 1. The number of nitrogens with one attached hydrogen (secondary N) is 1. The molecule has 2 aromatic rings. The topological polar surface area (TPSA) is 34.1 Å². The number of ether oxygens (including phenoxy) is 1. The van der Waals surface area contributed by atoms with Gasteiger partial charge in [-0.3, -0.25) is 0 Å². The first-order valence-electron chi connectivity index (χ1n) is 5.00. The number of methoxy groups -OCH3 is 1. The van der Waals surface area contributed by atoms with E-state index in [1.165, 1.54) is 4.70 Å². The highest BCUT2D eigenvalue weighted by molar-refractivity contribution is 7.17. The van der Waals surface area contributed by atoms with E-state index in [1.807, 2.05) is 6.07 Å². The van der Waals surface area contributed by atoms with Gasteiger partial charge in [0.2, 0.25) is 0 Å². The highest BCUT2D eigenvalue weighted by Crippen LogP contribution is 2.25. The van der Waals surface area contributed by atoms with Crippen LogP contribution in [0, 0.1) is 0 Å². The molecule has 86 valence electrons. The predicted octanol–water partition coefficient (Wildman–Crippen LogP) is 2.96. The lowest BCUT2D eigenvalue weighted by Gasteiger charge is -2.10. The molecule has 0 amide bonds. The smallest absolute Gasteiger partial charge is 0.134 e. The Balaban J connectivity index is 2.06. The summed E-state index contributed by atoms with van der Waals surface area (Å²) in [5, 5.41) is 6.41. The number of rotatable bonds is 5. The Hall–Kier alpha value is -0.840. The summed E-state index contributed by atoms with van der Waals surface area (Å²) in [5.74, 6) is 0.889. The fourth-order valence-corrected chi connectivity index (χ4v) is 2.47. The van der Waals surface area contributed by atoms with Gasteiger partial charge in [0.25, 0.3) is 0 Å². The van der Waals surface area contributed by atoms with Crippen LogP contribution in [0.1, 0.15) is 0 Å². The minimum atomic E-state index is -0.0410. The summed E-state index contributed by atoms with van der Waals surface area (Å²) in [7, 11) is 1.65. The molecule has 2 rings (SSSR count). The van der Waals surface area contributed by atoms with Gasteiger partial charge in [-0.1, -0.05) is 0 Å². The van der Waals surface area contributed by atoms with Crippen molar-refractivity contribution in [3.8, 4) is 0 Å². The largest absolute Gasteiger partial charge is 0.383 e. The first-order valence-corrected chi connectivity index (χ1v) is 6.32. The van der Waals surface area contributed by atoms with E-state index in [4.69, 9.17) is 16.3 Å². The van der Waals surface area contributed by atoms with E-state index >= 15 is 0 Å². The molecule has 2 aromatic heterocycles. The second-order valence-corrected chi connectivity index (χ2v) is 4.99. The Labute approximate surface area is 103 Å². The second-order valence-electron chi connectivity index (χ2n) is 3.43. The predicted molar refractivity (Wildman–Crippen MR) is 69.6 cm³/mol. The maximum absolute atomic E-state index is 6.04. The van der Waals surface area contributed by atoms with Gasteiger partial charge in [0.15, 0.2) is 0 Å². The lowest BCUT2D eigenvalue weighted by Crippen LogP contribution is -2.19. The van der Waals surface area contributed by atoms with Gasteiger partial charge in [0.05, 0.1) is 12.0 Å². The van der Waals surface area contributed by atoms with Crippen LogP contribution in [0.5, 0.6) is 0 Å². The highest BCUT2D eigenvalue weighted by Gasteiger charge is 2.06. The van der Waals surface area contributed by atoms with Crippen LogP contribution in [0.25, 0.3) is 10.1 Å². The van der Waals surface area contributed by atoms with Crippen molar-refractivity contribution >= 4 is 38.8 Å². The number of halogens is 1. The number of thiophene rings is 1. The van der Waals surface area contributed by atoms with Crippen LogP contribution in [-0.2, 0) is 4.74 Å². The minimum absolute atomic E-state index is 0.0410. The molecule has 0 radical (unpaired) electrons. The first-order chi connectivity index (χ1) is 7.81. The van der Waals surface area contributed by atoms with Gasteiger partial charge in [-0.05, 0) is 17.5 Å². The highest BCUT2D eigenvalue weighted by atomic mass is 35.5. The molecule has 0 aliphatic carbocycles. The van der Waals surface area contributed by atoms with Crippen LogP contribution in [0.15, 0.2) is 23.7 Å². The van der Waals surface area contributed by atoms with E-state index < -0.39 is 0 Å². The second kappa shape index (κ2) is 5.48. The molecule has 0 bridgehead atoms. The fourth-order valence-electron chi connectivity index (χ4n) is 1.48. The number of pyridine rings is 1. The van der Waals surface area contributed by atoms with Crippen molar-refractivity contribution in [2.24, 2.45) is 0 Å². The van der Waals surface area contributed by atoms with Crippen LogP contribution in [-0.4, -0.2) is 30.6 Å². The zero-order valence-electron chi connectivity index (χ0n) is 8.94. The summed E-state index contributed by atoms with van der Waals surface area (Å²) in [6, 6.07) is 4.08. The molecular formula is C11H13ClN2OS. The monoisotopic (exact) mass is 256 g/mol. The molecule has 0 aromatic carbocycles. The standard InChI is InChI=1S/C11H13ClN2OS/c1-15-7-8(12)6-14-11-9-3-5-16-10(9)2-4-13-11/h2-5,8H,6-7H2,1H3,(H,13,14). The third-order valence-corrected chi connectivity index (χ3v) is 3.38. The summed E-state index contributed by atoms with van der Waals surface area (Å²) >= 11 is 7.75. The Morgan fingerprint density at radius 2 is 2.44 bits per heavy atom. The summed E-state index contributed by atoms with van der Waals surface area (Å²) in [5.41, 5.74) is 0. The van der Waals surface area contributed by atoms with Crippen molar-refractivity contribution in [3.63, 3.8) is 0 Å². The summed E-state index contributed by atoms with van der Waals surface area (Å²) < 4.78 is 6.21. The quantitative estimate of drug-likeness (QED) is 0.836. The van der Waals surface area contributed by atoms with Gasteiger partial charge < -0.3 is 10.1 Å². The molecular weight excluding hydrogens is 244 g/mol. The number of nitrogens with zero attached hydrogens (tertiary/aromatic N) is 1.